The molecule has 2 rings (SSSR count). The molecule has 2 atom stereocenters. The van der Waals surface area contributed by atoms with E-state index >= 15 is 0 Å². The zero-order valence-corrected chi connectivity index (χ0v) is 11.4. The third kappa shape index (κ3) is 2.98. The smallest absolute Gasteiger partial charge is 0.0252 e. The van der Waals surface area contributed by atoms with Gasteiger partial charge in [-0.1, -0.05) is 13.8 Å². The largest absolute Gasteiger partial charge is 0.309 e. The molecule has 1 heterocycles. The first-order valence-corrected chi connectivity index (χ1v) is 6.95. The monoisotopic (exact) mass is 224 g/mol. The first-order chi connectivity index (χ1) is 7.46. The Morgan fingerprint density at radius 3 is 2.25 bits per heavy atom. The molecule has 2 nitrogen and oxygen atoms in total. The second kappa shape index (κ2) is 4.66. The molecule has 2 unspecified atom stereocenters. The van der Waals surface area contributed by atoms with Crippen LogP contribution < -0.4 is 5.32 Å². The SMILES string of the molecule is CC1CC(C)CC(N2CCNC(C)(C)C2)C1. The van der Waals surface area contributed by atoms with E-state index in [2.05, 4.69) is 37.9 Å². The Morgan fingerprint density at radius 1 is 1.06 bits per heavy atom. The van der Waals surface area contributed by atoms with Crippen molar-refractivity contribution < 1.29 is 0 Å². The summed E-state index contributed by atoms with van der Waals surface area (Å²) in [5.41, 5.74) is 0.308. The maximum atomic E-state index is 3.61. The lowest BCUT2D eigenvalue weighted by atomic mass is 9.79. The van der Waals surface area contributed by atoms with Crippen molar-refractivity contribution in [3.05, 3.63) is 0 Å². The third-order valence-electron chi connectivity index (χ3n) is 4.27. The van der Waals surface area contributed by atoms with E-state index < -0.39 is 0 Å². The third-order valence-corrected chi connectivity index (χ3v) is 4.27. The van der Waals surface area contributed by atoms with Gasteiger partial charge in [-0.15, -0.1) is 0 Å². The molecule has 1 aliphatic heterocycles. The summed E-state index contributed by atoms with van der Waals surface area (Å²) in [6.45, 7) is 13.1. The predicted octanol–water partition coefficient (Wildman–Crippen LogP) is 2.49. The van der Waals surface area contributed by atoms with Crippen LogP contribution in [0.4, 0.5) is 0 Å². The highest BCUT2D eigenvalue weighted by molar-refractivity contribution is 4.91. The van der Waals surface area contributed by atoms with E-state index in [0.717, 1.165) is 24.4 Å². The van der Waals surface area contributed by atoms with Crippen molar-refractivity contribution in [2.24, 2.45) is 11.8 Å². The summed E-state index contributed by atoms with van der Waals surface area (Å²) in [4.78, 5) is 2.74. The lowest BCUT2D eigenvalue weighted by Gasteiger charge is -2.46. The van der Waals surface area contributed by atoms with Gasteiger partial charge in [0.05, 0.1) is 0 Å². The lowest BCUT2D eigenvalue weighted by Crippen LogP contribution is -2.60. The lowest BCUT2D eigenvalue weighted by molar-refractivity contribution is 0.0615. The van der Waals surface area contributed by atoms with E-state index in [4.69, 9.17) is 0 Å². The van der Waals surface area contributed by atoms with E-state index in [9.17, 15) is 0 Å². The fraction of sp³-hybridized carbons (Fsp3) is 1.00. The number of piperazine rings is 1. The molecular weight excluding hydrogens is 196 g/mol. The van der Waals surface area contributed by atoms with E-state index in [1.165, 1.54) is 32.4 Å². The Labute approximate surface area is 101 Å². The molecule has 2 fully saturated rings. The quantitative estimate of drug-likeness (QED) is 0.736. The summed E-state index contributed by atoms with van der Waals surface area (Å²) in [5, 5.41) is 3.61. The topological polar surface area (TPSA) is 15.3 Å². The van der Waals surface area contributed by atoms with Gasteiger partial charge in [-0.05, 0) is 44.9 Å². The predicted molar refractivity (Wildman–Crippen MR) is 69.6 cm³/mol. The van der Waals surface area contributed by atoms with Gasteiger partial charge in [-0.2, -0.15) is 0 Å². The van der Waals surface area contributed by atoms with Gasteiger partial charge < -0.3 is 5.32 Å². The molecule has 2 aliphatic rings. The minimum absolute atomic E-state index is 0.308. The van der Waals surface area contributed by atoms with Gasteiger partial charge >= 0.3 is 0 Å². The van der Waals surface area contributed by atoms with Crippen molar-refractivity contribution in [2.45, 2.75) is 58.5 Å². The highest BCUT2D eigenvalue weighted by Crippen LogP contribution is 2.32. The summed E-state index contributed by atoms with van der Waals surface area (Å²) in [6.07, 6.45) is 4.27. The van der Waals surface area contributed by atoms with Crippen molar-refractivity contribution in [3.63, 3.8) is 0 Å². The van der Waals surface area contributed by atoms with Crippen LogP contribution in [0.25, 0.3) is 0 Å². The van der Waals surface area contributed by atoms with Gasteiger partial charge in [0.15, 0.2) is 0 Å². The van der Waals surface area contributed by atoms with Crippen molar-refractivity contribution in [1.29, 1.82) is 0 Å². The zero-order chi connectivity index (χ0) is 11.8. The maximum absolute atomic E-state index is 3.61. The van der Waals surface area contributed by atoms with E-state index in [1.807, 2.05) is 0 Å². The first kappa shape index (κ1) is 12.4. The number of hydrogen-bond donors (Lipinski definition) is 1. The van der Waals surface area contributed by atoms with Crippen LogP contribution in [0, 0.1) is 11.8 Å². The van der Waals surface area contributed by atoms with Crippen LogP contribution in [-0.2, 0) is 0 Å². The number of nitrogens with zero attached hydrogens (tertiary/aromatic N) is 1. The molecule has 0 bridgehead atoms. The summed E-state index contributed by atoms with van der Waals surface area (Å²) >= 11 is 0. The Bertz CT molecular complexity index is 227. The van der Waals surface area contributed by atoms with Crippen LogP contribution in [0.2, 0.25) is 0 Å². The average Bonchev–Trinajstić information content (AvgIpc) is 2.14. The summed E-state index contributed by atoms with van der Waals surface area (Å²) in [7, 11) is 0. The highest BCUT2D eigenvalue weighted by Gasteiger charge is 2.33. The van der Waals surface area contributed by atoms with E-state index in [0.29, 0.717) is 5.54 Å². The number of rotatable bonds is 1. The van der Waals surface area contributed by atoms with Gasteiger partial charge in [0.25, 0.3) is 0 Å². The molecule has 1 saturated heterocycles. The molecule has 0 spiro atoms. The molecule has 1 N–H and O–H groups in total. The summed E-state index contributed by atoms with van der Waals surface area (Å²) in [5.74, 6) is 1.85. The van der Waals surface area contributed by atoms with E-state index in [-0.39, 0.29) is 0 Å². The van der Waals surface area contributed by atoms with E-state index in [1.54, 1.807) is 0 Å². The minimum Gasteiger partial charge on any atom is -0.309 e. The van der Waals surface area contributed by atoms with Crippen molar-refractivity contribution in [2.75, 3.05) is 19.6 Å². The van der Waals surface area contributed by atoms with Gasteiger partial charge in [0, 0.05) is 31.2 Å². The van der Waals surface area contributed by atoms with Crippen molar-refractivity contribution in [1.82, 2.24) is 10.2 Å². The second-order valence-electron chi connectivity index (χ2n) is 6.85. The van der Waals surface area contributed by atoms with Crippen molar-refractivity contribution in [3.8, 4) is 0 Å². The van der Waals surface area contributed by atoms with Crippen LogP contribution in [-0.4, -0.2) is 36.1 Å². The van der Waals surface area contributed by atoms with Crippen LogP contribution in [0.5, 0.6) is 0 Å². The molecular formula is C14H28N2. The second-order valence-corrected chi connectivity index (χ2v) is 6.85. The molecule has 16 heavy (non-hydrogen) atoms. The van der Waals surface area contributed by atoms with Crippen LogP contribution >= 0.6 is 0 Å². The summed E-state index contributed by atoms with van der Waals surface area (Å²) in [6, 6.07) is 0.847. The van der Waals surface area contributed by atoms with Gasteiger partial charge in [-0.3, -0.25) is 4.90 Å². The van der Waals surface area contributed by atoms with Crippen molar-refractivity contribution >= 4 is 0 Å². The fourth-order valence-electron chi connectivity index (χ4n) is 3.69. The Kier molecular flexibility index (Phi) is 3.60. The maximum Gasteiger partial charge on any atom is 0.0252 e. The molecule has 94 valence electrons. The number of hydrogen-bond acceptors (Lipinski definition) is 2. The standard InChI is InChI=1S/C14H28N2/c1-11-7-12(2)9-13(8-11)16-6-5-15-14(3,4)10-16/h11-13,15H,5-10H2,1-4H3. The molecule has 2 heteroatoms. The molecule has 0 aromatic rings. The minimum atomic E-state index is 0.308. The molecule has 1 saturated carbocycles. The van der Waals surface area contributed by atoms with Gasteiger partial charge in [-0.25, -0.2) is 0 Å². The summed E-state index contributed by atoms with van der Waals surface area (Å²) < 4.78 is 0. The average molecular weight is 224 g/mol. The Morgan fingerprint density at radius 2 is 1.69 bits per heavy atom. The fourth-order valence-corrected chi connectivity index (χ4v) is 3.69. The van der Waals surface area contributed by atoms with Crippen LogP contribution in [0.3, 0.4) is 0 Å². The first-order valence-electron chi connectivity index (χ1n) is 6.95. The molecule has 1 aliphatic carbocycles. The molecule has 0 aromatic carbocycles. The number of nitrogens with one attached hydrogen (secondary N) is 1. The van der Waals surface area contributed by atoms with Gasteiger partial charge in [0.1, 0.15) is 0 Å². The Balaban J connectivity index is 1.96. The normalized spacial score (nSPS) is 40.9. The van der Waals surface area contributed by atoms with Crippen LogP contribution in [0.15, 0.2) is 0 Å². The zero-order valence-electron chi connectivity index (χ0n) is 11.4. The molecule has 0 aromatic heterocycles. The molecule has 0 radical (unpaired) electrons. The van der Waals surface area contributed by atoms with Crippen LogP contribution in [0.1, 0.15) is 47.0 Å². The molecule has 0 amide bonds. The highest BCUT2D eigenvalue weighted by atomic mass is 15.2. The Hall–Kier alpha value is -0.0800. The van der Waals surface area contributed by atoms with Gasteiger partial charge in [0.2, 0.25) is 0 Å².